The second-order valence-corrected chi connectivity index (χ2v) is 10.2. The predicted molar refractivity (Wildman–Crippen MR) is 113 cm³/mol. The lowest BCUT2D eigenvalue weighted by Gasteiger charge is -2.13. The van der Waals surface area contributed by atoms with E-state index in [1.54, 1.807) is 22.6 Å². The topological polar surface area (TPSA) is 75.2 Å². The van der Waals surface area contributed by atoms with Crippen LogP contribution < -0.4 is 5.32 Å². The van der Waals surface area contributed by atoms with Crippen molar-refractivity contribution in [1.29, 1.82) is 0 Å². The fraction of sp³-hybridized carbons (Fsp3) is 0.300. The van der Waals surface area contributed by atoms with E-state index < -0.39 is 10.0 Å². The number of nitrogens with zero attached hydrogens (tertiary/aromatic N) is 3. The summed E-state index contributed by atoms with van der Waals surface area (Å²) in [4.78, 5) is 9.76. The van der Waals surface area contributed by atoms with Gasteiger partial charge in [0, 0.05) is 25.5 Å². The molecular formula is C20H21FN4O2S2. The molecule has 6 nitrogen and oxygen atoms in total. The SMILES string of the molecule is CS(=O)(=O)N1CCC(Cc2ccc(Nc3ncc(-c4ccc(F)cc4)s3)nc2)C1. The maximum Gasteiger partial charge on any atom is 0.211 e. The van der Waals surface area contributed by atoms with Gasteiger partial charge < -0.3 is 5.32 Å². The average Bonchev–Trinajstić information content (AvgIpc) is 3.34. The second-order valence-electron chi connectivity index (χ2n) is 7.19. The number of anilines is 2. The molecule has 1 unspecified atom stereocenters. The molecule has 4 rings (SSSR count). The molecule has 9 heteroatoms. The van der Waals surface area contributed by atoms with Crippen LogP contribution in [-0.2, 0) is 16.4 Å². The van der Waals surface area contributed by atoms with Gasteiger partial charge in [-0.15, -0.1) is 0 Å². The largest absolute Gasteiger partial charge is 0.316 e. The van der Waals surface area contributed by atoms with Crippen LogP contribution in [0.15, 0.2) is 48.8 Å². The minimum Gasteiger partial charge on any atom is -0.316 e. The first kappa shape index (κ1) is 19.9. The number of benzene rings is 1. The van der Waals surface area contributed by atoms with Crippen molar-refractivity contribution in [2.75, 3.05) is 24.7 Å². The van der Waals surface area contributed by atoms with Crippen LogP contribution in [0.1, 0.15) is 12.0 Å². The van der Waals surface area contributed by atoms with E-state index in [-0.39, 0.29) is 5.82 Å². The number of nitrogens with one attached hydrogen (secondary N) is 1. The van der Waals surface area contributed by atoms with Gasteiger partial charge in [-0.05, 0) is 48.1 Å². The maximum atomic E-state index is 13.1. The van der Waals surface area contributed by atoms with Crippen LogP contribution in [0.25, 0.3) is 10.4 Å². The van der Waals surface area contributed by atoms with Gasteiger partial charge in [-0.1, -0.05) is 29.5 Å². The van der Waals surface area contributed by atoms with Crippen LogP contribution in [0, 0.1) is 11.7 Å². The zero-order valence-electron chi connectivity index (χ0n) is 15.9. The summed E-state index contributed by atoms with van der Waals surface area (Å²) in [5, 5.41) is 3.90. The Morgan fingerprint density at radius 1 is 1.17 bits per heavy atom. The molecule has 1 aliphatic heterocycles. The highest BCUT2D eigenvalue weighted by molar-refractivity contribution is 7.88. The molecule has 1 atom stereocenters. The third kappa shape index (κ3) is 4.98. The standard InChI is InChI=1S/C20H21FN4O2S2/c1-29(26,27)25-9-8-15(13-25)10-14-2-7-19(22-11-14)24-20-23-12-18(28-20)16-3-5-17(21)6-4-16/h2-7,11-12,15H,8-10,13H2,1H3,(H,22,23,24). The Kier molecular flexibility index (Phi) is 5.62. The van der Waals surface area contributed by atoms with Gasteiger partial charge in [0.15, 0.2) is 5.13 Å². The normalized spacial score (nSPS) is 17.5. The van der Waals surface area contributed by atoms with Crippen molar-refractivity contribution in [1.82, 2.24) is 14.3 Å². The summed E-state index contributed by atoms with van der Waals surface area (Å²) in [6, 6.07) is 10.2. The number of thiazole rings is 1. The number of pyridine rings is 1. The Hall–Kier alpha value is -2.36. The third-order valence-electron chi connectivity index (χ3n) is 4.94. The van der Waals surface area contributed by atoms with Crippen LogP contribution in [0.4, 0.5) is 15.3 Å². The predicted octanol–water partition coefficient (Wildman–Crippen LogP) is 3.91. The number of hydrogen-bond donors (Lipinski definition) is 1. The molecule has 0 amide bonds. The molecule has 152 valence electrons. The van der Waals surface area contributed by atoms with Crippen LogP contribution in [0.3, 0.4) is 0 Å². The summed E-state index contributed by atoms with van der Waals surface area (Å²) in [5.41, 5.74) is 2.00. The molecule has 1 saturated heterocycles. The number of rotatable bonds is 6. The fourth-order valence-electron chi connectivity index (χ4n) is 3.41. The fourth-order valence-corrected chi connectivity index (χ4v) is 5.15. The molecule has 3 aromatic rings. The van der Waals surface area contributed by atoms with Crippen LogP contribution in [0.2, 0.25) is 0 Å². The Bertz CT molecular complexity index is 1080. The van der Waals surface area contributed by atoms with Crippen molar-refractivity contribution in [3.63, 3.8) is 0 Å². The summed E-state index contributed by atoms with van der Waals surface area (Å²) < 4.78 is 37.9. The van der Waals surface area contributed by atoms with Crippen molar-refractivity contribution in [3.8, 4) is 10.4 Å². The van der Waals surface area contributed by atoms with Gasteiger partial charge in [-0.2, -0.15) is 0 Å². The number of aromatic nitrogens is 2. The van der Waals surface area contributed by atoms with Gasteiger partial charge in [0.05, 0.1) is 11.1 Å². The summed E-state index contributed by atoms with van der Waals surface area (Å²) in [6.45, 7) is 1.17. The second kappa shape index (κ2) is 8.17. The maximum absolute atomic E-state index is 13.1. The van der Waals surface area contributed by atoms with E-state index in [9.17, 15) is 12.8 Å². The highest BCUT2D eigenvalue weighted by Crippen LogP contribution is 2.30. The van der Waals surface area contributed by atoms with Gasteiger partial charge >= 0.3 is 0 Å². The molecule has 1 fully saturated rings. The monoisotopic (exact) mass is 432 g/mol. The van der Waals surface area contributed by atoms with Crippen molar-refractivity contribution in [2.24, 2.45) is 5.92 Å². The summed E-state index contributed by atoms with van der Waals surface area (Å²) in [5.74, 6) is 0.753. The highest BCUT2D eigenvalue weighted by Gasteiger charge is 2.28. The van der Waals surface area contributed by atoms with Gasteiger partial charge in [0.2, 0.25) is 10.0 Å². The molecule has 1 N–H and O–H groups in total. The lowest BCUT2D eigenvalue weighted by atomic mass is 10.00. The number of halogens is 1. The highest BCUT2D eigenvalue weighted by atomic mass is 32.2. The smallest absolute Gasteiger partial charge is 0.211 e. The van der Waals surface area contributed by atoms with Crippen LogP contribution in [-0.4, -0.2) is 42.0 Å². The third-order valence-corrected chi connectivity index (χ3v) is 7.17. The molecule has 29 heavy (non-hydrogen) atoms. The van der Waals surface area contributed by atoms with Gasteiger partial charge in [0.1, 0.15) is 11.6 Å². The molecule has 0 radical (unpaired) electrons. The van der Waals surface area contributed by atoms with E-state index in [0.717, 1.165) is 28.8 Å². The molecule has 0 bridgehead atoms. The number of sulfonamides is 1. The van der Waals surface area contributed by atoms with Gasteiger partial charge in [-0.25, -0.2) is 27.1 Å². The lowest BCUT2D eigenvalue weighted by molar-refractivity contribution is 0.460. The zero-order valence-corrected chi connectivity index (χ0v) is 17.5. The molecule has 1 aliphatic rings. The van der Waals surface area contributed by atoms with E-state index in [1.807, 2.05) is 18.3 Å². The molecule has 1 aromatic carbocycles. The quantitative estimate of drug-likeness (QED) is 0.639. The van der Waals surface area contributed by atoms with E-state index in [4.69, 9.17) is 0 Å². The summed E-state index contributed by atoms with van der Waals surface area (Å²) in [7, 11) is -3.11. The first-order valence-corrected chi connectivity index (χ1v) is 11.9. The molecule has 0 aliphatic carbocycles. The molecule has 2 aromatic heterocycles. The van der Waals surface area contributed by atoms with Crippen molar-refractivity contribution in [3.05, 3.63) is 60.2 Å². The molecular weight excluding hydrogens is 411 g/mol. The van der Waals surface area contributed by atoms with Crippen molar-refractivity contribution >= 4 is 32.3 Å². The van der Waals surface area contributed by atoms with Crippen LogP contribution in [0.5, 0.6) is 0 Å². The van der Waals surface area contributed by atoms with E-state index in [1.165, 1.54) is 29.7 Å². The molecule has 3 heterocycles. The van der Waals surface area contributed by atoms with Crippen molar-refractivity contribution in [2.45, 2.75) is 12.8 Å². The van der Waals surface area contributed by atoms with E-state index in [0.29, 0.717) is 30.0 Å². The summed E-state index contributed by atoms with van der Waals surface area (Å²) >= 11 is 1.47. The first-order chi connectivity index (χ1) is 13.9. The van der Waals surface area contributed by atoms with E-state index in [2.05, 4.69) is 15.3 Å². The minimum atomic E-state index is -3.11. The van der Waals surface area contributed by atoms with Crippen molar-refractivity contribution < 1.29 is 12.8 Å². The number of hydrogen-bond acceptors (Lipinski definition) is 6. The molecule has 0 saturated carbocycles. The summed E-state index contributed by atoms with van der Waals surface area (Å²) in [6.07, 6.45) is 6.52. The average molecular weight is 433 g/mol. The van der Waals surface area contributed by atoms with Crippen LogP contribution >= 0.6 is 11.3 Å². The Morgan fingerprint density at radius 2 is 1.97 bits per heavy atom. The van der Waals surface area contributed by atoms with E-state index >= 15 is 0 Å². The zero-order chi connectivity index (χ0) is 20.4. The Balaban J connectivity index is 1.36. The lowest BCUT2D eigenvalue weighted by Crippen LogP contribution is -2.27. The van der Waals surface area contributed by atoms with Gasteiger partial charge in [0.25, 0.3) is 0 Å². The Morgan fingerprint density at radius 3 is 2.62 bits per heavy atom. The van der Waals surface area contributed by atoms with Gasteiger partial charge in [-0.3, -0.25) is 0 Å². The first-order valence-electron chi connectivity index (χ1n) is 9.26. The minimum absolute atomic E-state index is 0.262. The molecule has 0 spiro atoms. The Labute approximate surface area is 173 Å².